The monoisotopic (exact) mass is 545 g/mol. The number of nitrogens with zero attached hydrogens (tertiary/aromatic N) is 2. The van der Waals surface area contributed by atoms with E-state index in [1.54, 1.807) is 4.90 Å². The summed E-state index contributed by atoms with van der Waals surface area (Å²) < 4.78 is 5.60. The Bertz CT molecular complexity index is 1670. The number of nitrogens with one attached hydrogen (secondary N) is 1. The molecule has 208 valence electrons. The van der Waals surface area contributed by atoms with Gasteiger partial charge < -0.3 is 19.5 Å². The Balaban J connectivity index is 1.22. The first-order chi connectivity index (χ1) is 20.1. The molecule has 1 aromatic heterocycles. The molecular weight excluding hydrogens is 510 g/mol. The van der Waals surface area contributed by atoms with Crippen LogP contribution in [0.5, 0.6) is 5.75 Å². The van der Waals surface area contributed by atoms with Crippen molar-refractivity contribution in [3.63, 3.8) is 0 Å². The maximum Gasteiger partial charge on any atom is 0.254 e. The van der Waals surface area contributed by atoms with Crippen LogP contribution in [0.1, 0.15) is 41.3 Å². The number of rotatable bonds is 11. The predicted molar refractivity (Wildman–Crippen MR) is 163 cm³/mol. The van der Waals surface area contributed by atoms with Crippen molar-refractivity contribution in [3.8, 4) is 5.75 Å². The average Bonchev–Trinajstić information content (AvgIpc) is 3.77. The second-order valence-electron chi connectivity index (χ2n) is 10.7. The fraction of sp³-hybridized carbons (Fsp3) is 0.257. The van der Waals surface area contributed by atoms with E-state index in [1.165, 1.54) is 10.9 Å². The molecule has 6 heteroatoms. The van der Waals surface area contributed by atoms with Crippen LogP contribution in [0.15, 0.2) is 97.2 Å². The van der Waals surface area contributed by atoms with E-state index in [1.807, 2.05) is 96.9 Å². The van der Waals surface area contributed by atoms with Gasteiger partial charge in [-0.15, -0.1) is 0 Å². The Labute approximate surface area is 240 Å². The Morgan fingerprint density at radius 3 is 2.44 bits per heavy atom. The maximum absolute atomic E-state index is 13.9. The van der Waals surface area contributed by atoms with E-state index in [2.05, 4.69) is 17.1 Å². The molecule has 0 bridgehead atoms. The van der Waals surface area contributed by atoms with Gasteiger partial charge in [0.15, 0.2) is 0 Å². The van der Waals surface area contributed by atoms with Crippen LogP contribution >= 0.6 is 0 Å². The van der Waals surface area contributed by atoms with Crippen molar-refractivity contribution >= 4 is 33.5 Å². The molecule has 1 aliphatic carbocycles. The van der Waals surface area contributed by atoms with E-state index in [0.717, 1.165) is 46.9 Å². The summed E-state index contributed by atoms with van der Waals surface area (Å²) in [6, 6.07) is 30.1. The lowest BCUT2D eigenvalue weighted by atomic mass is 10.1. The Morgan fingerprint density at radius 2 is 1.66 bits per heavy atom. The van der Waals surface area contributed by atoms with Crippen molar-refractivity contribution in [2.45, 2.75) is 38.8 Å². The molecule has 1 saturated carbocycles. The van der Waals surface area contributed by atoms with Crippen LogP contribution in [0, 0.1) is 0 Å². The van der Waals surface area contributed by atoms with E-state index in [4.69, 9.17) is 4.74 Å². The second-order valence-corrected chi connectivity index (χ2v) is 10.7. The molecule has 5 aromatic rings. The number of carbonyl (C=O) groups is 2. The van der Waals surface area contributed by atoms with Crippen LogP contribution in [0.25, 0.3) is 21.7 Å². The number of hydrogen-bond acceptors (Lipinski definition) is 3. The largest absolute Gasteiger partial charge is 0.494 e. The topological polar surface area (TPSA) is 65.6 Å². The first-order valence-corrected chi connectivity index (χ1v) is 14.4. The standard InChI is InChI=1S/C35H35N3O3/c1-2-41-31-17-11-25(12-18-31)23-37(20-19-29-22-36-33-10-6-5-9-32(29)33)34(39)24-38(30-15-16-30)35(40)28-14-13-26-7-3-4-8-27(26)21-28/h3-14,17-18,21-22,30,36H,2,15-16,19-20,23-24H2,1H3. The summed E-state index contributed by atoms with van der Waals surface area (Å²) in [4.78, 5) is 34.7. The van der Waals surface area contributed by atoms with E-state index >= 15 is 0 Å². The van der Waals surface area contributed by atoms with Gasteiger partial charge in [0.05, 0.1) is 6.61 Å². The summed E-state index contributed by atoms with van der Waals surface area (Å²) >= 11 is 0. The summed E-state index contributed by atoms with van der Waals surface area (Å²) in [5.74, 6) is 0.692. The molecule has 0 spiro atoms. The van der Waals surface area contributed by atoms with Gasteiger partial charge in [-0.05, 0) is 78.4 Å². The number of ether oxygens (including phenoxy) is 1. The van der Waals surface area contributed by atoms with Gasteiger partial charge in [0.1, 0.15) is 12.3 Å². The van der Waals surface area contributed by atoms with Gasteiger partial charge in [0, 0.05) is 41.8 Å². The number of benzene rings is 4. The smallest absolute Gasteiger partial charge is 0.254 e. The zero-order valence-electron chi connectivity index (χ0n) is 23.4. The minimum absolute atomic E-state index is 0.0419. The first-order valence-electron chi connectivity index (χ1n) is 14.4. The minimum atomic E-state index is -0.0794. The van der Waals surface area contributed by atoms with Crippen molar-refractivity contribution in [2.75, 3.05) is 19.7 Å². The third kappa shape index (κ3) is 6.12. The Kier molecular flexibility index (Phi) is 7.72. The van der Waals surface area contributed by atoms with Crippen LogP contribution in [-0.4, -0.2) is 52.3 Å². The van der Waals surface area contributed by atoms with Crippen molar-refractivity contribution < 1.29 is 14.3 Å². The minimum Gasteiger partial charge on any atom is -0.494 e. The van der Waals surface area contributed by atoms with Crippen molar-refractivity contribution in [2.24, 2.45) is 0 Å². The summed E-state index contributed by atoms with van der Waals surface area (Å²) in [5, 5.41) is 3.29. The predicted octanol–water partition coefficient (Wildman–Crippen LogP) is 6.60. The highest BCUT2D eigenvalue weighted by molar-refractivity contribution is 6.00. The molecule has 2 amide bonds. The molecule has 41 heavy (non-hydrogen) atoms. The molecule has 0 radical (unpaired) electrons. The van der Waals surface area contributed by atoms with Gasteiger partial charge in [-0.1, -0.05) is 60.7 Å². The van der Waals surface area contributed by atoms with Crippen LogP contribution in [-0.2, 0) is 17.8 Å². The molecule has 6 nitrogen and oxygen atoms in total. The van der Waals surface area contributed by atoms with E-state index < -0.39 is 0 Å². The third-order valence-corrected chi connectivity index (χ3v) is 7.84. The lowest BCUT2D eigenvalue weighted by Gasteiger charge is -2.28. The number of hydrogen-bond donors (Lipinski definition) is 1. The Hall–Kier alpha value is -4.58. The number of amides is 2. The van der Waals surface area contributed by atoms with Crippen LogP contribution in [0.3, 0.4) is 0 Å². The number of aromatic nitrogens is 1. The van der Waals surface area contributed by atoms with Crippen molar-refractivity contribution in [3.05, 3.63) is 114 Å². The van der Waals surface area contributed by atoms with Crippen LogP contribution < -0.4 is 4.74 Å². The quantitative estimate of drug-likeness (QED) is 0.204. The molecule has 0 aliphatic heterocycles. The zero-order valence-corrected chi connectivity index (χ0v) is 23.4. The van der Waals surface area contributed by atoms with Gasteiger partial charge >= 0.3 is 0 Å². The zero-order chi connectivity index (χ0) is 28.2. The highest BCUT2D eigenvalue weighted by Gasteiger charge is 2.35. The van der Waals surface area contributed by atoms with E-state index in [9.17, 15) is 9.59 Å². The number of H-pyrrole nitrogens is 1. The molecule has 0 atom stereocenters. The van der Waals surface area contributed by atoms with E-state index in [-0.39, 0.29) is 24.4 Å². The maximum atomic E-state index is 13.9. The molecule has 1 heterocycles. The molecular formula is C35H35N3O3. The Morgan fingerprint density at radius 1 is 0.902 bits per heavy atom. The molecule has 6 rings (SSSR count). The van der Waals surface area contributed by atoms with Gasteiger partial charge in [-0.25, -0.2) is 0 Å². The fourth-order valence-electron chi connectivity index (χ4n) is 5.45. The average molecular weight is 546 g/mol. The lowest BCUT2D eigenvalue weighted by molar-refractivity contribution is -0.132. The first kappa shape index (κ1) is 26.6. The SMILES string of the molecule is CCOc1ccc(CN(CCc2c[nH]c3ccccc23)C(=O)CN(C(=O)c2ccc3ccccc3c2)C2CC2)cc1. The normalized spacial score (nSPS) is 12.9. The number of aromatic amines is 1. The number of carbonyl (C=O) groups excluding carboxylic acids is 2. The summed E-state index contributed by atoms with van der Waals surface area (Å²) in [6.07, 6.45) is 4.61. The molecule has 1 aliphatic rings. The number of para-hydroxylation sites is 1. The van der Waals surface area contributed by atoms with Crippen molar-refractivity contribution in [1.29, 1.82) is 0 Å². The lowest BCUT2D eigenvalue weighted by Crippen LogP contribution is -2.44. The molecule has 0 unspecified atom stereocenters. The second kappa shape index (κ2) is 11.9. The highest BCUT2D eigenvalue weighted by atomic mass is 16.5. The van der Waals surface area contributed by atoms with Crippen LogP contribution in [0.2, 0.25) is 0 Å². The number of fused-ring (bicyclic) bond motifs is 2. The van der Waals surface area contributed by atoms with Crippen molar-refractivity contribution in [1.82, 2.24) is 14.8 Å². The highest BCUT2D eigenvalue weighted by Crippen LogP contribution is 2.29. The van der Waals surface area contributed by atoms with Gasteiger partial charge in [-0.2, -0.15) is 0 Å². The molecule has 0 saturated heterocycles. The molecule has 4 aromatic carbocycles. The van der Waals surface area contributed by atoms with Crippen LogP contribution in [0.4, 0.5) is 0 Å². The van der Waals surface area contributed by atoms with Gasteiger partial charge in [-0.3, -0.25) is 9.59 Å². The van der Waals surface area contributed by atoms with Gasteiger partial charge in [0.25, 0.3) is 5.91 Å². The molecule has 1 N–H and O–H groups in total. The summed E-state index contributed by atoms with van der Waals surface area (Å²) in [7, 11) is 0. The third-order valence-electron chi connectivity index (χ3n) is 7.84. The summed E-state index contributed by atoms with van der Waals surface area (Å²) in [6.45, 7) is 3.66. The van der Waals surface area contributed by atoms with Gasteiger partial charge in [0.2, 0.25) is 5.91 Å². The van der Waals surface area contributed by atoms with E-state index in [0.29, 0.717) is 25.3 Å². The summed E-state index contributed by atoms with van der Waals surface area (Å²) in [5.41, 5.74) is 3.92. The fourth-order valence-corrected chi connectivity index (χ4v) is 5.45. The molecule has 1 fully saturated rings.